The number of thioether (sulfide) groups is 1. The van der Waals surface area contributed by atoms with Crippen LogP contribution in [0.2, 0.25) is 0 Å². The first-order valence-corrected chi connectivity index (χ1v) is 11.2. The second kappa shape index (κ2) is 8.43. The molecule has 0 bridgehead atoms. The maximum Gasteiger partial charge on any atom is 0.262 e. The molecule has 0 saturated heterocycles. The number of hydrogen-bond acceptors (Lipinski definition) is 5. The van der Waals surface area contributed by atoms with Crippen LogP contribution in [0, 0.1) is 0 Å². The third-order valence-electron chi connectivity index (χ3n) is 5.52. The summed E-state index contributed by atoms with van der Waals surface area (Å²) >= 11 is 1.27. The van der Waals surface area contributed by atoms with Gasteiger partial charge in [0.05, 0.1) is 35.5 Å². The van der Waals surface area contributed by atoms with Crippen molar-refractivity contribution in [2.75, 3.05) is 5.75 Å². The fraction of sp³-hybridized carbons (Fsp3) is 0.208. The standard InChI is InChI=1S/C24H21N3O3S/c28-22(25-21-12-11-16-6-1-2-8-18(16)21)15-31-24-26-20-10-4-3-9-19(20)23(29)27(24)14-17-7-5-13-30-17/h1-10,13,21H,11-12,14-15H2,(H,25,28). The van der Waals surface area contributed by atoms with Gasteiger partial charge in [0.1, 0.15) is 5.76 Å². The van der Waals surface area contributed by atoms with Gasteiger partial charge in [0.2, 0.25) is 5.91 Å². The lowest BCUT2D eigenvalue weighted by Crippen LogP contribution is -2.29. The van der Waals surface area contributed by atoms with Gasteiger partial charge in [-0.1, -0.05) is 48.2 Å². The van der Waals surface area contributed by atoms with Crippen molar-refractivity contribution in [1.82, 2.24) is 14.9 Å². The molecule has 1 aliphatic carbocycles. The number of nitrogens with one attached hydrogen (secondary N) is 1. The Kier molecular flexibility index (Phi) is 5.34. The number of para-hydroxylation sites is 1. The number of carbonyl (C=O) groups excluding carboxylic acids is 1. The van der Waals surface area contributed by atoms with Gasteiger partial charge in [0, 0.05) is 0 Å². The van der Waals surface area contributed by atoms with E-state index in [0.717, 1.165) is 12.8 Å². The Morgan fingerprint density at radius 2 is 1.97 bits per heavy atom. The normalized spacial score (nSPS) is 15.2. The van der Waals surface area contributed by atoms with E-state index < -0.39 is 0 Å². The largest absolute Gasteiger partial charge is 0.467 e. The van der Waals surface area contributed by atoms with Gasteiger partial charge in [-0.2, -0.15) is 0 Å². The zero-order valence-corrected chi connectivity index (χ0v) is 17.6. The molecule has 1 unspecified atom stereocenters. The van der Waals surface area contributed by atoms with E-state index in [-0.39, 0.29) is 29.8 Å². The number of benzene rings is 2. The van der Waals surface area contributed by atoms with E-state index in [9.17, 15) is 9.59 Å². The molecule has 5 rings (SSSR count). The predicted octanol–water partition coefficient (Wildman–Crippen LogP) is 3.93. The fourth-order valence-corrected chi connectivity index (χ4v) is 4.84. The predicted molar refractivity (Wildman–Crippen MR) is 120 cm³/mol. The summed E-state index contributed by atoms with van der Waals surface area (Å²) in [5.74, 6) is 0.772. The summed E-state index contributed by atoms with van der Waals surface area (Å²) in [7, 11) is 0. The maximum atomic E-state index is 13.1. The highest BCUT2D eigenvalue weighted by atomic mass is 32.2. The number of nitrogens with zero attached hydrogens (tertiary/aromatic N) is 2. The highest BCUT2D eigenvalue weighted by Crippen LogP contribution is 2.30. The van der Waals surface area contributed by atoms with E-state index >= 15 is 0 Å². The Bertz CT molecular complexity index is 1300. The second-order valence-corrected chi connectivity index (χ2v) is 8.47. The average molecular weight is 432 g/mol. The minimum Gasteiger partial charge on any atom is -0.467 e. The van der Waals surface area contributed by atoms with Gasteiger partial charge in [-0.15, -0.1) is 0 Å². The molecule has 0 fully saturated rings. The molecule has 0 spiro atoms. The molecule has 31 heavy (non-hydrogen) atoms. The summed E-state index contributed by atoms with van der Waals surface area (Å²) in [6.45, 7) is 0.267. The quantitative estimate of drug-likeness (QED) is 0.370. The Hall–Kier alpha value is -3.32. The SMILES string of the molecule is O=C(CSc1nc2ccccc2c(=O)n1Cc1ccco1)NC1CCc2ccccc21. The minimum absolute atomic E-state index is 0.0409. The number of amides is 1. The van der Waals surface area contributed by atoms with Gasteiger partial charge >= 0.3 is 0 Å². The van der Waals surface area contributed by atoms with E-state index in [1.807, 2.05) is 36.4 Å². The lowest BCUT2D eigenvalue weighted by atomic mass is 10.1. The first-order valence-electron chi connectivity index (χ1n) is 10.2. The first-order chi connectivity index (χ1) is 15.2. The topological polar surface area (TPSA) is 77.1 Å². The zero-order valence-electron chi connectivity index (χ0n) is 16.8. The van der Waals surface area contributed by atoms with Crippen LogP contribution in [-0.4, -0.2) is 21.2 Å². The third-order valence-corrected chi connectivity index (χ3v) is 6.50. The van der Waals surface area contributed by atoms with Gasteiger partial charge in [-0.25, -0.2) is 4.98 Å². The molecule has 0 radical (unpaired) electrons. The van der Waals surface area contributed by atoms with Gasteiger partial charge in [-0.05, 0) is 48.2 Å². The number of rotatable bonds is 6. The summed E-state index contributed by atoms with van der Waals surface area (Å²) in [6.07, 6.45) is 3.46. The highest BCUT2D eigenvalue weighted by molar-refractivity contribution is 7.99. The second-order valence-electron chi connectivity index (χ2n) is 7.53. The monoisotopic (exact) mass is 431 g/mol. The number of fused-ring (bicyclic) bond motifs is 2. The average Bonchev–Trinajstić information content (AvgIpc) is 3.45. The molecular formula is C24H21N3O3S. The lowest BCUT2D eigenvalue weighted by Gasteiger charge is -2.15. The molecule has 2 heterocycles. The van der Waals surface area contributed by atoms with Crippen molar-refractivity contribution >= 4 is 28.6 Å². The van der Waals surface area contributed by atoms with Crippen LogP contribution in [-0.2, 0) is 17.8 Å². The van der Waals surface area contributed by atoms with Crippen molar-refractivity contribution in [1.29, 1.82) is 0 Å². The first kappa shape index (κ1) is 19.6. The number of aromatic nitrogens is 2. The van der Waals surface area contributed by atoms with Crippen LogP contribution in [0.3, 0.4) is 0 Å². The zero-order chi connectivity index (χ0) is 21.2. The van der Waals surface area contributed by atoms with Crippen molar-refractivity contribution in [2.24, 2.45) is 0 Å². The molecule has 0 aliphatic heterocycles. The molecule has 0 saturated carbocycles. The molecule has 2 aromatic heterocycles. The molecule has 156 valence electrons. The molecule has 1 atom stereocenters. The van der Waals surface area contributed by atoms with Crippen LogP contribution < -0.4 is 10.9 Å². The summed E-state index contributed by atoms with van der Waals surface area (Å²) in [4.78, 5) is 30.5. The minimum atomic E-state index is -0.144. The van der Waals surface area contributed by atoms with Crippen molar-refractivity contribution < 1.29 is 9.21 Å². The third kappa shape index (κ3) is 4.01. The summed E-state index contributed by atoms with van der Waals surface area (Å²) in [5, 5.41) is 4.18. The van der Waals surface area contributed by atoms with E-state index in [1.54, 1.807) is 23.0 Å². The maximum absolute atomic E-state index is 13.1. The van der Waals surface area contributed by atoms with Crippen molar-refractivity contribution in [3.8, 4) is 0 Å². The van der Waals surface area contributed by atoms with Gasteiger partial charge in [-0.3, -0.25) is 14.2 Å². The summed E-state index contributed by atoms with van der Waals surface area (Å²) < 4.78 is 7.00. The van der Waals surface area contributed by atoms with Gasteiger partial charge in [0.25, 0.3) is 5.56 Å². The number of furan rings is 1. The van der Waals surface area contributed by atoms with Crippen LogP contribution >= 0.6 is 11.8 Å². The fourth-order valence-electron chi connectivity index (χ4n) is 4.03. The van der Waals surface area contributed by atoms with E-state index in [2.05, 4.69) is 22.4 Å². The number of carbonyl (C=O) groups is 1. The van der Waals surface area contributed by atoms with E-state index in [0.29, 0.717) is 21.8 Å². The van der Waals surface area contributed by atoms with Crippen LogP contribution in [0.15, 0.2) is 81.3 Å². The number of hydrogen-bond donors (Lipinski definition) is 1. The Balaban J connectivity index is 1.37. The van der Waals surface area contributed by atoms with Gasteiger partial charge in [0.15, 0.2) is 5.16 Å². The smallest absolute Gasteiger partial charge is 0.262 e. The van der Waals surface area contributed by atoms with Crippen molar-refractivity contribution in [2.45, 2.75) is 30.6 Å². The van der Waals surface area contributed by atoms with E-state index in [1.165, 1.54) is 22.9 Å². The Labute approximate surface area is 183 Å². The van der Waals surface area contributed by atoms with Crippen LogP contribution in [0.1, 0.15) is 29.3 Å². The molecule has 4 aromatic rings. The molecule has 7 heteroatoms. The van der Waals surface area contributed by atoms with Crippen molar-refractivity contribution in [3.05, 3.63) is 94.2 Å². The van der Waals surface area contributed by atoms with Crippen molar-refractivity contribution in [3.63, 3.8) is 0 Å². The van der Waals surface area contributed by atoms with Crippen LogP contribution in [0.4, 0.5) is 0 Å². The highest BCUT2D eigenvalue weighted by Gasteiger charge is 2.23. The molecule has 1 amide bonds. The summed E-state index contributed by atoms with van der Waals surface area (Å²) in [5.41, 5.74) is 2.97. The molecule has 6 nitrogen and oxygen atoms in total. The van der Waals surface area contributed by atoms with Crippen LogP contribution in [0.25, 0.3) is 10.9 Å². The van der Waals surface area contributed by atoms with E-state index in [4.69, 9.17) is 4.42 Å². The Morgan fingerprint density at radius 3 is 2.84 bits per heavy atom. The van der Waals surface area contributed by atoms with Crippen LogP contribution in [0.5, 0.6) is 0 Å². The molecule has 1 aliphatic rings. The van der Waals surface area contributed by atoms with Gasteiger partial charge < -0.3 is 9.73 Å². The summed E-state index contributed by atoms with van der Waals surface area (Å²) in [6, 6.07) is 19.1. The lowest BCUT2D eigenvalue weighted by molar-refractivity contribution is -0.119. The number of aryl methyl sites for hydroxylation is 1. The Morgan fingerprint density at radius 1 is 1.13 bits per heavy atom. The molecule has 1 N–H and O–H groups in total. The molecule has 2 aromatic carbocycles. The molecular weight excluding hydrogens is 410 g/mol.